The van der Waals surface area contributed by atoms with Gasteiger partial charge in [-0.1, -0.05) is 19.4 Å². The van der Waals surface area contributed by atoms with Crippen molar-refractivity contribution in [3.63, 3.8) is 0 Å². The quantitative estimate of drug-likeness (QED) is 0.687. The molecule has 6 heteroatoms. The number of hydrogen-bond acceptors (Lipinski definition) is 4. The van der Waals surface area contributed by atoms with Crippen molar-refractivity contribution in [3.05, 3.63) is 70.5 Å². The van der Waals surface area contributed by atoms with Gasteiger partial charge < -0.3 is 14.8 Å². The maximum absolute atomic E-state index is 12.5. The lowest BCUT2D eigenvalue weighted by Gasteiger charge is -2.08. The summed E-state index contributed by atoms with van der Waals surface area (Å²) in [5.74, 6) is 1.34. The van der Waals surface area contributed by atoms with E-state index in [2.05, 4.69) is 24.3 Å². The van der Waals surface area contributed by atoms with Gasteiger partial charge in [-0.3, -0.25) is 4.79 Å². The minimum absolute atomic E-state index is 0.116. The highest BCUT2D eigenvalue weighted by Crippen LogP contribution is 2.32. The maximum atomic E-state index is 12.5. The van der Waals surface area contributed by atoms with Crippen LogP contribution in [0.1, 0.15) is 46.2 Å². The van der Waals surface area contributed by atoms with Gasteiger partial charge in [-0.15, -0.1) is 0 Å². The lowest BCUT2D eigenvalue weighted by Crippen LogP contribution is -2.22. The molecule has 6 nitrogen and oxygen atoms in total. The molecule has 0 unspecified atom stereocenters. The summed E-state index contributed by atoms with van der Waals surface area (Å²) in [6, 6.07) is 13.2. The molecule has 0 radical (unpaired) electrons. The number of aryl methyl sites for hydroxylation is 1. The van der Waals surface area contributed by atoms with Crippen LogP contribution >= 0.6 is 0 Å². The Balaban J connectivity index is 1.44. The van der Waals surface area contributed by atoms with E-state index in [9.17, 15) is 4.79 Å². The molecule has 1 amide bonds. The largest absolute Gasteiger partial charge is 0.454 e. The van der Waals surface area contributed by atoms with Crippen LogP contribution in [0.4, 0.5) is 0 Å². The van der Waals surface area contributed by atoms with Crippen molar-refractivity contribution in [3.8, 4) is 17.2 Å². The molecule has 0 spiro atoms. The van der Waals surface area contributed by atoms with Crippen LogP contribution in [-0.2, 0) is 13.0 Å². The summed E-state index contributed by atoms with van der Waals surface area (Å²) in [4.78, 5) is 12.5. The van der Waals surface area contributed by atoms with E-state index >= 15 is 0 Å². The third kappa shape index (κ3) is 3.83. The van der Waals surface area contributed by atoms with Gasteiger partial charge in [-0.05, 0) is 67.8 Å². The van der Waals surface area contributed by atoms with Crippen LogP contribution in [0, 0.1) is 13.8 Å². The number of fused-ring (bicyclic) bond motifs is 1. The molecule has 1 aromatic heterocycles. The number of aromatic nitrogens is 2. The molecule has 0 fully saturated rings. The lowest BCUT2D eigenvalue weighted by molar-refractivity contribution is 0.0951. The summed E-state index contributed by atoms with van der Waals surface area (Å²) in [7, 11) is 0. The van der Waals surface area contributed by atoms with E-state index in [1.165, 1.54) is 5.56 Å². The maximum Gasteiger partial charge on any atom is 0.251 e. The molecule has 0 atom stereocenters. The smallest absolute Gasteiger partial charge is 0.251 e. The molecular weight excluding hydrogens is 366 g/mol. The SMILES string of the molecule is CCCc1c(C)nn(-c2ccc(C(=O)NCc3ccc4c(c3)OCO4)cc2)c1C. The average Bonchev–Trinajstić information content (AvgIpc) is 3.31. The van der Waals surface area contributed by atoms with Crippen LogP contribution in [0.15, 0.2) is 42.5 Å². The van der Waals surface area contributed by atoms with Crippen molar-refractivity contribution in [1.82, 2.24) is 15.1 Å². The fourth-order valence-corrected chi connectivity index (χ4v) is 3.63. The monoisotopic (exact) mass is 391 g/mol. The zero-order valence-electron chi connectivity index (χ0n) is 17.0. The predicted octanol–water partition coefficient (Wildman–Crippen LogP) is 4.10. The van der Waals surface area contributed by atoms with E-state index in [0.29, 0.717) is 17.9 Å². The number of carbonyl (C=O) groups excluding carboxylic acids is 1. The second-order valence-corrected chi connectivity index (χ2v) is 7.23. The first-order valence-corrected chi connectivity index (χ1v) is 9.89. The molecule has 1 aliphatic heterocycles. The van der Waals surface area contributed by atoms with E-state index in [0.717, 1.165) is 41.2 Å². The van der Waals surface area contributed by atoms with Gasteiger partial charge in [0.15, 0.2) is 11.5 Å². The first-order chi connectivity index (χ1) is 14.1. The van der Waals surface area contributed by atoms with Crippen LogP contribution in [0.25, 0.3) is 5.69 Å². The van der Waals surface area contributed by atoms with Gasteiger partial charge in [-0.2, -0.15) is 5.10 Å². The molecule has 29 heavy (non-hydrogen) atoms. The van der Waals surface area contributed by atoms with Gasteiger partial charge in [0.1, 0.15) is 0 Å². The molecule has 4 rings (SSSR count). The van der Waals surface area contributed by atoms with Crippen molar-refractivity contribution in [2.24, 2.45) is 0 Å². The van der Waals surface area contributed by atoms with Gasteiger partial charge in [0.2, 0.25) is 6.79 Å². The van der Waals surface area contributed by atoms with Crippen LogP contribution in [0.2, 0.25) is 0 Å². The molecule has 0 bridgehead atoms. The number of benzene rings is 2. The fourth-order valence-electron chi connectivity index (χ4n) is 3.63. The highest BCUT2D eigenvalue weighted by Gasteiger charge is 2.15. The zero-order valence-corrected chi connectivity index (χ0v) is 17.0. The van der Waals surface area contributed by atoms with E-state index in [-0.39, 0.29) is 12.7 Å². The zero-order chi connectivity index (χ0) is 20.4. The number of carbonyl (C=O) groups is 1. The number of rotatable bonds is 6. The van der Waals surface area contributed by atoms with Crippen LogP contribution in [0.3, 0.4) is 0 Å². The lowest BCUT2D eigenvalue weighted by atomic mass is 10.1. The predicted molar refractivity (Wildman–Crippen MR) is 111 cm³/mol. The van der Waals surface area contributed by atoms with Crippen molar-refractivity contribution in [1.29, 1.82) is 0 Å². The first-order valence-electron chi connectivity index (χ1n) is 9.89. The van der Waals surface area contributed by atoms with Crippen LogP contribution in [-0.4, -0.2) is 22.5 Å². The standard InChI is InChI=1S/C23H25N3O3/c1-4-5-20-15(2)25-26(16(20)3)19-9-7-18(8-10-19)23(27)24-13-17-6-11-21-22(12-17)29-14-28-21/h6-12H,4-5,13-14H2,1-3H3,(H,24,27). The summed E-state index contributed by atoms with van der Waals surface area (Å²) >= 11 is 0. The summed E-state index contributed by atoms with van der Waals surface area (Å²) in [5.41, 5.74) is 6.06. The molecule has 2 aromatic carbocycles. The molecule has 0 saturated heterocycles. The van der Waals surface area contributed by atoms with E-state index in [1.54, 1.807) is 0 Å². The second-order valence-electron chi connectivity index (χ2n) is 7.23. The fraction of sp³-hybridized carbons (Fsp3) is 0.304. The number of nitrogens with zero attached hydrogens (tertiary/aromatic N) is 2. The highest BCUT2D eigenvalue weighted by molar-refractivity contribution is 5.94. The summed E-state index contributed by atoms with van der Waals surface area (Å²) in [6.45, 7) is 6.98. The van der Waals surface area contributed by atoms with Crippen molar-refractivity contribution in [2.75, 3.05) is 6.79 Å². The number of ether oxygens (including phenoxy) is 2. The molecule has 150 valence electrons. The summed E-state index contributed by atoms with van der Waals surface area (Å²) in [6.07, 6.45) is 2.12. The van der Waals surface area contributed by atoms with Gasteiger partial charge in [0.25, 0.3) is 5.91 Å². The number of amides is 1. The Kier molecular flexibility index (Phi) is 5.25. The first kappa shape index (κ1) is 19.1. The third-order valence-electron chi connectivity index (χ3n) is 5.21. The summed E-state index contributed by atoms with van der Waals surface area (Å²) < 4.78 is 12.6. The second kappa shape index (κ2) is 7.99. The van der Waals surface area contributed by atoms with Gasteiger partial charge in [-0.25, -0.2) is 4.68 Å². The highest BCUT2D eigenvalue weighted by atomic mass is 16.7. The van der Waals surface area contributed by atoms with E-state index in [4.69, 9.17) is 9.47 Å². The van der Waals surface area contributed by atoms with E-state index < -0.39 is 0 Å². The van der Waals surface area contributed by atoms with Gasteiger partial charge >= 0.3 is 0 Å². The van der Waals surface area contributed by atoms with Crippen molar-refractivity contribution >= 4 is 5.91 Å². The van der Waals surface area contributed by atoms with Crippen molar-refractivity contribution in [2.45, 2.75) is 40.2 Å². The molecule has 0 saturated carbocycles. The van der Waals surface area contributed by atoms with Crippen LogP contribution < -0.4 is 14.8 Å². The molecule has 2 heterocycles. The van der Waals surface area contributed by atoms with Crippen molar-refractivity contribution < 1.29 is 14.3 Å². The molecule has 1 aliphatic rings. The summed E-state index contributed by atoms with van der Waals surface area (Å²) in [5, 5.41) is 7.62. The Morgan fingerprint density at radius 2 is 1.86 bits per heavy atom. The van der Waals surface area contributed by atoms with Gasteiger partial charge in [0.05, 0.1) is 11.4 Å². The number of nitrogens with one attached hydrogen (secondary N) is 1. The van der Waals surface area contributed by atoms with Crippen LogP contribution in [0.5, 0.6) is 11.5 Å². The number of hydrogen-bond donors (Lipinski definition) is 1. The third-order valence-corrected chi connectivity index (χ3v) is 5.21. The minimum Gasteiger partial charge on any atom is -0.454 e. The molecule has 3 aromatic rings. The Labute approximate surface area is 170 Å². The molecular formula is C23H25N3O3. The average molecular weight is 391 g/mol. The Bertz CT molecular complexity index is 1040. The molecule has 0 aliphatic carbocycles. The Morgan fingerprint density at radius 3 is 2.62 bits per heavy atom. The normalized spacial score (nSPS) is 12.2. The Morgan fingerprint density at radius 1 is 1.10 bits per heavy atom. The van der Waals surface area contributed by atoms with Gasteiger partial charge in [0, 0.05) is 17.8 Å². The Hall–Kier alpha value is -3.28. The molecule has 1 N–H and O–H groups in total. The minimum atomic E-state index is -0.116. The topological polar surface area (TPSA) is 65.4 Å². The van der Waals surface area contributed by atoms with E-state index in [1.807, 2.05) is 54.1 Å².